The number of fused-ring (bicyclic) bond motifs is 1. The van der Waals surface area contributed by atoms with Crippen molar-refractivity contribution in [2.75, 3.05) is 13.1 Å². The first-order chi connectivity index (χ1) is 10.4. The third-order valence-electron chi connectivity index (χ3n) is 3.42. The van der Waals surface area contributed by atoms with Crippen LogP contribution in [0.3, 0.4) is 0 Å². The Hall–Kier alpha value is -1.95. The van der Waals surface area contributed by atoms with Gasteiger partial charge >= 0.3 is 0 Å². The fraction of sp³-hybridized carbons (Fsp3) is 0.562. The normalized spacial score (nSPS) is 12.0. The maximum atomic E-state index is 11.0. The molecule has 0 aliphatic heterocycles. The first-order valence-corrected chi connectivity index (χ1v) is 7.69. The van der Waals surface area contributed by atoms with Gasteiger partial charge in [-0.25, -0.2) is 0 Å². The monoisotopic (exact) mass is 304 g/mol. The lowest BCUT2D eigenvalue weighted by atomic mass is 10.1. The van der Waals surface area contributed by atoms with Crippen LogP contribution in [0.5, 0.6) is 0 Å². The van der Waals surface area contributed by atoms with Crippen molar-refractivity contribution >= 4 is 16.6 Å². The third kappa shape index (κ3) is 4.04. The molecule has 0 radical (unpaired) electrons. The van der Waals surface area contributed by atoms with Gasteiger partial charge in [-0.1, -0.05) is 27.7 Å². The quantitative estimate of drug-likeness (QED) is 0.580. The average molecular weight is 304 g/mol. The number of nitro benzene ring substituents is 1. The summed E-state index contributed by atoms with van der Waals surface area (Å²) < 4.78 is 1.85. The van der Waals surface area contributed by atoms with Crippen LogP contribution in [-0.2, 0) is 6.67 Å². The summed E-state index contributed by atoms with van der Waals surface area (Å²) in [5.41, 5.74) is 0.917. The van der Waals surface area contributed by atoms with E-state index >= 15 is 0 Å². The van der Waals surface area contributed by atoms with Crippen LogP contribution < -0.4 is 0 Å². The van der Waals surface area contributed by atoms with Gasteiger partial charge in [0.15, 0.2) is 0 Å². The van der Waals surface area contributed by atoms with E-state index in [4.69, 9.17) is 0 Å². The number of rotatable bonds is 7. The molecule has 0 N–H and O–H groups in total. The van der Waals surface area contributed by atoms with Gasteiger partial charge < -0.3 is 0 Å². The van der Waals surface area contributed by atoms with Crippen LogP contribution in [0, 0.1) is 22.0 Å². The molecular weight excluding hydrogens is 280 g/mol. The lowest BCUT2D eigenvalue weighted by molar-refractivity contribution is -0.384. The average Bonchev–Trinajstić information content (AvgIpc) is 2.79. The van der Waals surface area contributed by atoms with Crippen LogP contribution in [0.15, 0.2) is 24.4 Å². The van der Waals surface area contributed by atoms with E-state index in [1.165, 1.54) is 6.07 Å². The molecule has 0 bridgehead atoms. The standard InChI is InChI=1S/C16H24N4O2/c1-12(2)9-18(10-13(3)4)11-19-16-7-15(20(21)22)6-5-14(16)8-17-19/h5-8,12-13H,9-11H2,1-4H3. The summed E-state index contributed by atoms with van der Waals surface area (Å²) in [4.78, 5) is 12.9. The summed E-state index contributed by atoms with van der Waals surface area (Å²) in [6.45, 7) is 11.4. The predicted molar refractivity (Wildman–Crippen MR) is 87.6 cm³/mol. The van der Waals surface area contributed by atoms with E-state index in [0.29, 0.717) is 18.5 Å². The molecule has 6 heteroatoms. The lowest BCUT2D eigenvalue weighted by Gasteiger charge is -2.26. The van der Waals surface area contributed by atoms with E-state index < -0.39 is 0 Å². The highest BCUT2D eigenvalue weighted by Crippen LogP contribution is 2.21. The molecule has 0 aliphatic rings. The second kappa shape index (κ2) is 6.87. The second-order valence-electron chi connectivity index (χ2n) is 6.61. The van der Waals surface area contributed by atoms with Crippen LogP contribution in [0.1, 0.15) is 27.7 Å². The summed E-state index contributed by atoms with van der Waals surface area (Å²) in [5, 5.41) is 16.3. The topological polar surface area (TPSA) is 64.2 Å². The molecule has 120 valence electrons. The summed E-state index contributed by atoms with van der Waals surface area (Å²) in [6, 6.07) is 4.88. The fourth-order valence-corrected chi connectivity index (χ4v) is 2.70. The molecule has 0 spiro atoms. The van der Waals surface area contributed by atoms with Crippen molar-refractivity contribution in [1.29, 1.82) is 0 Å². The van der Waals surface area contributed by atoms with Crippen molar-refractivity contribution in [2.24, 2.45) is 11.8 Å². The molecule has 2 aromatic rings. The van der Waals surface area contributed by atoms with Crippen molar-refractivity contribution in [3.63, 3.8) is 0 Å². The molecule has 0 fully saturated rings. The minimum absolute atomic E-state index is 0.105. The summed E-state index contributed by atoms with van der Waals surface area (Å²) in [6.07, 6.45) is 1.77. The summed E-state index contributed by atoms with van der Waals surface area (Å²) >= 11 is 0. The van der Waals surface area contributed by atoms with Crippen LogP contribution in [0.4, 0.5) is 5.69 Å². The highest BCUT2D eigenvalue weighted by Gasteiger charge is 2.14. The van der Waals surface area contributed by atoms with E-state index in [9.17, 15) is 10.1 Å². The Morgan fingerprint density at radius 1 is 1.23 bits per heavy atom. The highest BCUT2D eigenvalue weighted by molar-refractivity contribution is 5.80. The number of nitro groups is 1. The van der Waals surface area contributed by atoms with Gasteiger partial charge in [-0.3, -0.25) is 19.7 Å². The van der Waals surface area contributed by atoms with E-state index in [1.54, 1.807) is 18.3 Å². The van der Waals surface area contributed by atoms with Gasteiger partial charge in [0.25, 0.3) is 5.69 Å². The van der Waals surface area contributed by atoms with Crippen LogP contribution >= 0.6 is 0 Å². The van der Waals surface area contributed by atoms with Crippen molar-refractivity contribution in [2.45, 2.75) is 34.4 Å². The van der Waals surface area contributed by atoms with Gasteiger partial charge in [-0.15, -0.1) is 0 Å². The molecular formula is C16H24N4O2. The van der Waals surface area contributed by atoms with E-state index in [1.807, 2.05) is 4.68 Å². The molecule has 0 atom stereocenters. The minimum Gasteiger partial charge on any atom is -0.284 e. The molecule has 0 saturated heterocycles. The third-order valence-corrected chi connectivity index (χ3v) is 3.42. The maximum Gasteiger partial charge on any atom is 0.271 e. The zero-order valence-electron chi connectivity index (χ0n) is 13.7. The summed E-state index contributed by atoms with van der Waals surface area (Å²) in [7, 11) is 0. The number of hydrogen-bond donors (Lipinski definition) is 0. The Morgan fingerprint density at radius 2 is 1.86 bits per heavy atom. The molecule has 1 heterocycles. The Balaban J connectivity index is 2.28. The number of aromatic nitrogens is 2. The van der Waals surface area contributed by atoms with Crippen molar-refractivity contribution in [3.8, 4) is 0 Å². The number of nitrogens with zero attached hydrogens (tertiary/aromatic N) is 4. The van der Waals surface area contributed by atoms with E-state index in [-0.39, 0.29) is 10.6 Å². The minimum atomic E-state index is -0.364. The van der Waals surface area contributed by atoms with Crippen molar-refractivity contribution < 1.29 is 4.92 Å². The van der Waals surface area contributed by atoms with E-state index in [0.717, 1.165) is 24.0 Å². The van der Waals surface area contributed by atoms with E-state index in [2.05, 4.69) is 37.7 Å². The molecule has 0 saturated carbocycles. The van der Waals surface area contributed by atoms with Gasteiger partial charge in [0.2, 0.25) is 0 Å². The number of non-ortho nitro benzene ring substituents is 1. The molecule has 0 unspecified atom stereocenters. The van der Waals surface area contributed by atoms with Crippen LogP contribution in [0.25, 0.3) is 10.9 Å². The second-order valence-corrected chi connectivity index (χ2v) is 6.61. The largest absolute Gasteiger partial charge is 0.284 e. The van der Waals surface area contributed by atoms with Crippen LogP contribution in [0.2, 0.25) is 0 Å². The zero-order chi connectivity index (χ0) is 16.3. The highest BCUT2D eigenvalue weighted by atomic mass is 16.6. The van der Waals surface area contributed by atoms with Gasteiger partial charge in [-0.05, 0) is 17.9 Å². The first-order valence-electron chi connectivity index (χ1n) is 7.69. The molecule has 0 aliphatic carbocycles. The van der Waals surface area contributed by atoms with Crippen LogP contribution in [-0.4, -0.2) is 32.7 Å². The smallest absolute Gasteiger partial charge is 0.271 e. The SMILES string of the molecule is CC(C)CN(CC(C)C)Cn1ncc2ccc([N+](=O)[O-])cc21. The molecule has 1 aromatic carbocycles. The first kappa shape index (κ1) is 16.4. The van der Waals surface area contributed by atoms with Crippen molar-refractivity contribution in [3.05, 3.63) is 34.5 Å². The molecule has 6 nitrogen and oxygen atoms in total. The summed E-state index contributed by atoms with van der Waals surface area (Å²) in [5.74, 6) is 1.13. The lowest BCUT2D eigenvalue weighted by Crippen LogP contribution is -2.33. The van der Waals surface area contributed by atoms with Crippen molar-refractivity contribution in [1.82, 2.24) is 14.7 Å². The fourth-order valence-electron chi connectivity index (χ4n) is 2.70. The maximum absolute atomic E-state index is 11.0. The number of benzene rings is 1. The van der Waals surface area contributed by atoms with Gasteiger partial charge in [0.1, 0.15) is 0 Å². The molecule has 0 amide bonds. The van der Waals surface area contributed by atoms with Gasteiger partial charge in [-0.2, -0.15) is 5.10 Å². The zero-order valence-corrected chi connectivity index (χ0v) is 13.7. The van der Waals surface area contributed by atoms with Gasteiger partial charge in [0.05, 0.1) is 23.3 Å². The Bertz CT molecular complexity index is 639. The predicted octanol–water partition coefficient (Wildman–Crippen LogP) is 3.52. The molecule has 22 heavy (non-hydrogen) atoms. The number of hydrogen-bond acceptors (Lipinski definition) is 4. The molecule has 2 rings (SSSR count). The Labute approximate surface area is 130 Å². The Kier molecular flexibility index (Phi) is 5.13. The molecule has 1 aromatic heterocycles. The Morgan fingerprint density at radius 3 is 2.41 bits per heavy atom. The van der Waals surface area contributed by atoms with Gasteiger partial charge in [0, 0.05) is 30.6 Å².